The first-order valence-corrected chi connectivity index (χ1v) is 33.3. The fourth-order valence-electron chi connectivity index (χ4n) is 11.7. The van der Waals surface area contributed by atoms with Crippen LogP contribution in [0.15, 0.2) is 0 Å². The van der Waals surface area contributed by atoms with Crippen molar-refractivity contribution in [3.8, 4) is 0 Å². The molecule has 3 heterocycles. The highest BCUT2D eigenvalue weighted by Crippen LogP contribution is 2.34. The minimum absolute atomic E-state index is 0.122. The normalized spacial score (nSPS) is 29.6. The summed E-state index contributed by atoms with van der Waals surface area (Å²) in [6.45, 7) is 4.55. The Bertz CT molecular complexity index is 1680. The first kappa shape index (κ1) is 77.5. The van der Waals surface area contributed by atoms with E-state index in [2.05, 4.69) is 31.4 Å². The van der Waals surface area contributed by atoms with Crippen LogP contribution in [0.1, 0.15) is 240 Å². The molecule has 0 saturated carbocycles. The molecule has 22 heteroatoms. The second kappa shape index (κ2) is 45.5. The molecule has 0 aromatic rings. The predicted octanol–water partition coefficient (Wildman–Crippen LogP) is 4.71. The first-order valence-electron chi connectivity index (χ1n) is 33.3. The molecule has 0 spiro atoms. The summed E-state index contributed by atoms with van der Waals surface area (Å²) in [5.74, 6) is -0.836. The third-order valence-electron chi connectivity index (χ3n) is 17.2. The van der Waals surface area contributed by atoms with Gasteiger partial charge in [-0.25, -0.2) is 0 Å². The standard InChI is InChI=1S/C63H120N2O20/c1-5-6-7-8-9-10-11-12-13-14-15-16-17-18-19-20-25-28-31-34-37-46(71)60(79)65-44(51(72)45(70)36-33-30-27-24-22-21-23-26-29-32-35-42(2)3)41-80-63-59(85-62-57(78)56(77)53(74)48(39-67)82-62)58(54(75)49(40-68)83-63)84-61-50(64-43(4)69)55(76)52(73)47(38-66)81-61/h42,44-59,61-63,66-68,70-78H,5-41H2,1-4H3,(H,64,69)(H,65,79)/t44-,45+,46+,47+,48+,49+,50+,51-,52-,53+,54-,55+,56-,57+,58-,59+,61+,62+,63-/m0/s1. The van der Waals surface area contributed by atoms with Gasteiger partial charge >= 0.3 is 0 Å². The van der Waals surface area contributed by atoms with E-state index in [4.69, 9.17) is 28.4 Å². The average molecular weight is 1230 g/mol. The van der Waals surface area contributed by atoms with Crippen LogP contribution in [0.2, 0.25) is 0 Å². The lowest BCUT2D eigenvalue weighted by molar-refractivity contribution is -0.387. The van der Waals surface area contributed by atoms with Gasteiger partial charge in [0.2, 0.25) is 11.8 Å². The van der Waals surface area contributed by atoms with Crippen molar-refractivity contribution in [1.29, 1.82) is 0 Å². The Morgan fingerprint density at radius 2 is 0.847 bits per heavy atom. The van der Waals surface area contributed by atoms with Gasteiger partial charge in [0.1, 0.15) is 85.4 Å². The second-order valence-electron chi connectivity index (χ2n) is 25.1. The lowest BCUT2D eigenvalue weighted by atomic mass is 9.95. The molecule has 3 fully saturated rings. The van der Waals surface area contributed by atoms with Gasteiger partial charge in [0.05, 0.1) is 38.6 Å². The van der Waals surface area contributed by atoms with Crippen molar-refractivity contribution in [2.45, 2.75) is 356 Å². The van der Waals surface area contributed by atoms with Crippen LogP contribution in [-0.4, -0.2) is 216 Å². The summed E-state index contributed by atoms with van der Waals surface area (Å²) in [6, 6.07) is -3.01. The Morgan fingerprint density at radius 1 is 0.459 bits per heavy atom. The van der Waals surface area contributed by atoms with Crippen molar-refractivity contribution >= 4 is 11.8 Å². The van der Waals surface area contributed by atoms with E-state index in [0.29, 0.717) is 12.8 Å². The van der Waals surface area contributed by atoms with E-state index < -0.39 is 155 Å². The molecular formula is C63H120N2O20. The molecule has 3 aliphatic heterocycles. The molecule has 85 heavy (non-hydrogen) atoms. The van der Waals surface area contributed by atoms with Gasteiger partial charge in [0.15, 0.2) is 18.9 Å². The van der Waals surface area contributed by atoms with Gasteiger partial charge in [-0.05, 0) is 18.8 Å². The highest BCUT2D eigenvalue weighted by molar-refractivity contribution is 5.80. The number of carbonyl (C=O) groups excluding carboxylic acids is 2. The molecule has 0 bridgehead atoms. The summed E-state index contributed by atoms with van der Waals surface area (Å²) in [7, 11) is 0. The van der Waals surface area contributed by atoms with Gasteiger partial charge in [0, 0.05) is 6.92 Å². The average Bonchev–Trinajstić information content (AvgIpc) is 2.78. The van der Waals surface area contributed by atoms with Crippen LogP contribution in [0.5, 0.6) is 0 Å². The van der Waals surface area contributed by atoms with Crippen molar-refractivity contribution < 1.29 is 99.3 Å². The molecule has 2 amide bonds. The van der Waals surface area contributed by atoms with Crippen molar-refractivity contribution in [3.63, 3.8) is 0 Å². The quantitative estimate of drug-likeness (QED) is 0.0367. The molecule has 0 radical (unpaired) electrons. The number of carbonyl (C=O) groups is 2. The van der Waals surface area contributed by atoms with Crippen LogP contribution in [0.3, 0.4) is 0 Å². The summed E-state index contributed by atoms with van der Waals surface area (Å²) in [6.07, 6.45) is 6.48. The van der Waals surface area contributed by atoms with Gasteiger partial charge in [-0.3, -0.25) is 9.59 Å². The van der Waals surface area contributed by atoms with Crippen molar-refractivity contribution in [1.82, 2.24) is 10.6 Å². The molecule has 502 valence electrons. The highest BCUT2D eigenvalue weighted by atomic mass is 16.8. The monoisotopic (exact) mass is 1220 g/mol. The Balaban J connectivity index is 1.71. The number of nitrogens with one attached hydrogen (secondary N) is 2. The van der Waals surface area contributed by atoms with Crippen LogP contribution in [0.25, 0.3) is 0 Å². The molecule has 0 aromatic heterocycles. The van der Waals surface area contributed by atoms with Crippen molar-refractivity contribution in [2.24, 2.45) is 5.92 Å². The highest BCUT2D eigenvalue weighted by Gasteiger charge is 2.55. The van der Waals surface area contributed by atoms with Crippen molar-refractivity contribution in [3.05, 3.63) is 0 Å². The molecule has 0 unspecified atom stereocenters. The minimum atomic E-state index is -2.03. The number of ether oxygens (including phenoxy) is 6. The fraction of sp³-hybridized carbons (Fsp3) is 0.968. The number of rotatable bonds is 49. The van der Waals surface area contributed by atoms with E-state index in [-0.39, 0.29) is 12.8 Å². The van der Waals surface area contributed by atoms with E-state index in [1.165, 1.54) is 128 Å². The van der Waals surface area contributed by atoms with E-state index >= 15 is 0 Å². The largest absolute Gasteiger partial charge is 0.394 e. The third kappa shape index (κ3) is 29.4. The molecular weight excluding hydrogens is 1100 g/mol. The van der Waals surface area contributed by atoms with Gasteiger partial charge < -0.3 is 100 Å². The molecule has 19 atom stereocenters. The Kier molecular flexibility index (Phi) is 41.4. The van der Waals surface area contributed by atoms with E-state index in [1.807, 2.05) is 0 Å². The summed E-state index contributed by atoms with van der Waals surface area (Å²) in [4.78, 5) is 26.2. The lowest BCUT2D eigenvalue weighted by Gasteiger charge is -2.49. The maximum atomic E-state index is 13.8. The maximum Gasteiger partial charge on any atom is 0.249 e. The molecule has 0 aliphatic carbocycles. The number of aliphatic hydroxyl groups excluding tert-OH is 12. The summed E-state index contributed by atoms with van der Waals surface area (Å²) >= 11 is 0. The van der Waals surface area contributed by atoms with Crippen LogP contribution in [-0.2, 0) is 38.0 Å². The number of aliphatic hydroxyl groups is 12. The summed E-state index contributed by atoms with van der Waals surface area (Å²) < 4.78 is 36.0. The zero-order valence-electron chi connectivity index (χ0n) is 52.3. The fourth-order valence-corrected chi connectivity index (χ4v) is 11.7. The Labute approximate surface area is 508 Å². The molecule has 22 nitrogen and oxygen atoms in total. The van der Waals surface area contributed by atoms with Gasteiger partial charge in [-0.1, -0.05) is 220 Å². The predicted molar refractivity (Wildman–Crippen MR) is 319 cm³/mol. The maximum absolute atomic E-state index is 13.8. The molecule has 3 rings (SSSR count). The Morgan fingerprint density at radius 3 is 1.29 bits per heavy atom. The zero-order valence-corrected chi connectivity index (χ0v) is 52.3. The van der Waals surface area contributed by atoms with Crippen LogP contribution < -0.4 is 10.6 Å². The number of unbranched alkanes of at least 4 members (excludes halogenated alkanes) is 28. The third-order valence-corrected chi connectivity index (χ3v) is 17.2. The van der Waals surface area contributed by atoms with E-state index in [0.717, 1.165) is 70.6 Å². The van der Waals surface area contributed by atoms with E-state index in [9.17, 15) is 70.9 Å². The summed E-state index contributed by atoms with van der Waals surface area (Å²) in [5.41, 5.74) is 0. The van der Waals surface area contributed by atoms with Crippen LogP contribution >= 0.6 is 0 Å². The first-order chi connectivity index (χ1) is 40.9. The number of hydrogen-bond donors (Lipinski definition) is 14. The lowest BCUT2D eigenvalue weighted by Crippen LogP contribution is -2.69. The topological polar surface area (TPSA) is 356 Å². The van der Waals surface area contributed by atoms with Crippen LogP contribution in [0.4, 0.5) is 0 Å². The SMILES string of the molecule is CCCCCCCCCCCCCCCCCCCCCC[C@@H](O)C(=O)N[C@@H](CO[C@H]1O[C@H](CO)[C@H](O)[C@H](O[C@H]2O[C@H](CO)[C@H](O)[C@H](O)[C@H]2NC(C)=O)[C@H]1O[C@H]1O[C@H](CO)[C@@H](O)[C@H](O)[C@H]1O)[C@H](O)[C@H](O)CCCCCCCCCCCCC(C)C. The van der Waals surface area contributed by atoms with Gasteiger partial charge in [0.25, 0.3) is 0 Å². The Hall–Kier alpha value is -1.78. The zero-order chi connectivity index (χ0) is 62.5. The van der Waals surface area contributed by atoms with E-state index in [1.54, 1.807) is 0 Å². The molecule has 0 aromatic carbocycles. The molecule has 3 aliphatic rings. The van der Waals surface area contributed by atoms with Gasteiger partial charge in [-0.2, -0.15) is 0 Å². The summed E-state index contributed by atoms with van der Waals surface area (Å²) in [5, 5.41) is 136. The molecule has 3 saturated heterocycles. The molecule has 14 N–H and O–H groups in total. The van der Waals surface area contributed by atoms with Crippen molar-refractivity contribution in [2.75, 3.05) is 26.4 Å². The minimum Gasteiger partial charge on any atom is -0.394 e. The van der Waals surface area contributed by atoms with Gasteiger partial charge in [-0.15, -0.1) is 0 Å². The smallest absolute Gasteiger partial charge is 0.249 e. The second-order valence-corrected chi connectivity index (χ2v) is 25.1. The number of hydrogen-bond acceptors (Lipinski definition) is 20. The number of amides is 2. The van der Waals surface area contributed by atoms with Crippen LogP contribution in [0, 0.1) is 5.92 Å².